The first-order valence-electron chi connectivity index (χ1n) is 8.00. The third-order valence-electron chi connectivity index (χ3n) is 4.24. The first kappa shape index (κ1) is 17.7. The summed E-state index contributed by atoms with van der Waals surface area (Å²) < 4.78 is 24.8. The second-order valence-electron chi connectivity index (χ2n) is 5.97. The molecule has 0 spiro atoms. The highest BCUT2D eigenvalue weighted by Crippen LogP contribution is 2.34. The molecule has 0 aliphatic heterocycles. The van der Waals surface area contributed by atoms with E-state index in [2.05, 4.69) is 15.9 Å². The van der Waals surface area contributed by atoms with E-state index in [1.165, 1.54) is 12.1 Å². The fourth-order valence-corrected chi connectivity index (χ4v) is 3.15. The minimum absolute atomic E-state index is 0.175. The predicted octanol–water partition coefficient (Wildman–Crippen LogP) is 4.41. The van der Waals surface area contributed by atoms with E-state index in [-0.39, 0.29) is 11.9 Å². The van der Waals surface area contributed by atoms with Crippen LogP contribution in [0.15, 0.2) is 40.9 Å². The number of carbonyl (C=O) groups excluding carboxylic acids is 1. The first-order chi connectivity index (χ1) is 12.0. The highest BCUT2D eigenvalue weighted by molar-refractivity contribution is 9.10. The standard InChI is InChI=1S/C19H19BrFNO3/c1-24-15-7-3-12(18(10-15)25-2)11-22(14-5-6-14)19(23)16-9-13(21)4-8-17(16)20/h3-4,7-10,14H,5-6,11H2,1-2H3. The van der Waals surface area contributed by atoms with Crippen molar-refractivity contribution in [1.82, 2.24) is 4.90 Å². The zero-order valence-electron chi connectivity index (χ0n) is 14.1. The van der Waals surface area contributed by atoms with Crippen LogP contribution in [0.3, 0.4) is 0 Å². The van der Waals surface area contributed by atoms with E-state index >= 15 is 0 Å². The summed E-state index contributed by atoms with van der Waals surface area (Å²) in [6.07, 6.45) is 1.91. The van der Waals surface area contributed by atoms with E-state index < -0.39 is 5.82 Å². The van der Waals surface area contributed by atoms with Crippen LogP contribution in [0.5, 0.6) is 11.5 Å². The summed E-state index contributed by atoms with van der Waals surface area (Å²) in [6, 6.07) is 9.85. The number of benzene rings is 2. The molecule has 1 aliphatic rings. The number of amides is 1. The summed E-state index contributed by atoms with van der Waals surface area (Å²) in [5, 5.41) is 0. The maximum Gasteiger partial charge on any atom is 0.255 e. The molecule has 4 nitrogen and oxygen atoms in total. The van der Waals surface area contributed by atoms with Crippen molar-refractivity contribution >= 4 is 21.8 Å². The highest BCUT2D eigenvalue weighted by Gasteiger charge is 2.34. The van der Waals surface area contributed by atoms with Gasteiger partial charge in [-0.2, -0.15) is 0 Å². The Bertz CT molecular complexity index is 792. The lowest BCUT2D eigenvalue weighted by atomic mass is 10.1. The van der Waals surface area contributed by atoms with Gasteiger partial charge >= 0.3 is 0 Å². The molecule has 25 heavy (non-hydrogen) atoms. The van der Waals surface area contributed by atoms with Gasteiger partial charge in [-0.3, -0.25) is 4.79 Å². The molecular formula is C19H19BrFNO3. The van der Waals surface area contributed by atoms with Gasteiger partial charge in [0.15, 0.2) is 0 Å². The zero-order chi connectivity index (χ0) is 18.0. The molecule has 0 radical (unpaired) electrons. The van der Waals surface area contributed by atoms with Gasteiger partial charge in [-0.1, -0.05) is 0 Å². The van der Waals surface area contributed by atoms with Gasteiger partial charge in [0.1, 0.15) is 17.3 Å². The van der Waals surface area contributed by atoms with Gasteiger partial charge in [-0.05, 0) is 59.1 Å². The van der Waals surface area contributed by atoms with Crippen molar-refractivity contribution in [1.29, 1.82) is 0 Å². The van der Waals surface area contributed by atoms with Crippen molar-refractivity contribution < 1.29 is 18.7 Å². The Labute approximate surface area is 154 Å². The number of methoxy groups -OCH3 is 2. The fraction of sp³-hybridized carbons (Fsp3) is 0.316. The van der Waals surface area contributed by atoms with Crippen LogP contribution in [0, 0.1) is 5.82 Å². The molecule has 0 heterocycles. The smallest absolute Gasteiger partial charge is 0.255 e. The van der Waals surface area contributed by atoms with Crippen LogP contribution in [0.1, 0.15) is 28.8 Å². The Balaban J connectivity index is 1.90. The minimum atomic E-state index is -0.427. The third kappa shape index (κ3) is 3.95. The van der Waals surface area contributed by atoms with Gasteiger partial charge in [0.25, 0.3) is 5.91 Å². The maximum absolute atomic E-state index is 13.6. The Morgan fingerprint density at radius 2 is 1.96 bits per heavy atom. The summed E-state index contributed by atoms with van der Waals surface area (Å²) in [5.41, 5.74) is 1.22. The quantitative estimate of drug-likeness (QED) is 0.711. The van der Waals surface area contributed by atoms with E-state index in [0.29, 0.717) is 28.1 Å². The average Bonchev–Trinajstić information content (AvgIpc) is 3.46. The van der Waals surface area contributed by atoms with Gasteiger partial charge in [-0.25, -0.2) is 4.39 Å². The van der Waals surface area contributed by atoms with Crippen LogP contribution in [0.25, 0.3) is 0 Å². The third-order valence-corrected chi connectivity index (χ3v) is 4.93. The van der Waals surface area contributed by atoms with Crippen molar-refractivity contribution in [2.75, 3.05) is 14.2 Å². The lowest BCUT2D eigenvalue weighted by Crippen LogP contribution is -2.33. The second kappa shape index (κ2) is 7.44. The molecule has 1 saturated carbocycles. The number of hydrogen-bond acceptors (Lipinski definition) is 3. The van der Waals surface area contributed by atoms with E-state index in [4.69, 9.17) is 9.47 Å². The number of nitrogens with zero attached hydrogens (tertiary/aromatic N) is 1. The van der Waals surface area contributed by atoms with Crippen molar-refractivity contribution in [3.63, 3.8) is 0 Å². The van der Waals surface area contributed by atoms with E-state index in [0.717, 1.165) is 18.4 Å². The molecule has 0 aromatic heterocycles. The van der Waals surface area contributed by atoms with Crippen molar-refractivity contribution in [3.05, 3.63) is 57.8 Å². The summed E-state index contributed by atoms with van der Waals surface area (Å²) >= 11 is 3.35. The molecule has 2 aromatic rings. The Hall–Kier alpha value is -2.08. The topological polar surface area (TPSA) is 38.8 Å². The van der Waals surface area contributed by atoms with Gasteiger partial charge < -0.3 is 14.4 Å². The van der Waals surface area contributed by atoms with Gasteiger partial charge in [-0.15, -0.1) is 0 Å². The normalized spacial score (nSPS) is 13.4. The lowest BCUT2D eigenvalue weighted by molar-refractivity contribution is 0.0727. The molecule has 0 bridgehead atoms. The largest absolute Gasteiger partial charge is 0.497 e. The monoisotopic (exact) mass is 407 g/mol. The average molecular weight is 408 g/mol. The second-order valence-corrected chi connectivity index (χ2v) is 6.82. The molecule has 1 fully saturated rings. The highest BCUT2D eigenvalue weighted by atomic mass is 79.9. The zero-order valence-corrected chi connectivity index (χ0v) is 15.7. The van der Waals surface area contributed by atoms with Gasteiger partial charge in [0.05, 0.1) is 19.8 Å². The summed E-state index contributed by atoms with van der Waals surface area (Å²) in [5.74, 6) is 0.741. The van der Waals surface area contributed by atoms with Crippen LogP contribution < -0.4 is 9.47 Å². The molecule has 3 rings (SSSR count). The molecule has 2 aromatic carbocycles. The first-order valence-corrected chi connectivity index (χ1v) is 8.79. The van der Waals surface area contributed by atoms with Crippen molar-refractivity contribution in [3.8, 4) is 11.5 Å². The van der Waals surface area contributed by atoms with Crippen LogP contribution >= 0.6 is 15.9 Å². The Morgan fingerprint density at radius 3 is 2.60 bits per heavy atom. The number of halogens is 2. The van der Waals surface area contributed by atoms with Gasteiger partial charge in [0, 0.05) is 28.7 Å². The molecule has 1 amide bonds. The number of hydrogen-bond donors (Lipinski definition) is 0. The van der Waals surface area contributed by atoms with E-state index in [9.17, 15) is 9.18 Å². The van der Waals surface area contributed by atoms with Crippen LogP contribution in [0.2, 0.25) is 0 Å². The maximum atomic E-state index is 13.6. The van der Waals surface area contributed by atoms with Crippen LogP contribution in [-0.2, 0) is 6.54 Å². The number of ether oxygens (including phenoxy) is 2. The number of rotatable bonds is 6. The molecule has 0 atom stereocenters. The predicted molar refractivity (Wildman–Crippen MR) is 96.5 cm³/mol. The fourth-order valence-electron chi connectivity index (χ4n) is 2.74. The van der Waals surface area contributed by atoms with Crippen LogP contribution in [0.4, 0.5) is 4.39 Å². The summed E-state index contributed by atoms with van der Waals surface area (Å²) in [4.78, 5) is 14.8. The van der Waals surface area contributed by atoms with Crippen LogP contribution in [-0.4, -0.2) is 31.1 Å². The van der Waals surface area contributed by atoms with Crippen molar-refractivity contribution in [2.24, 2.45) is 0 Å². The molecule has 0 unspecified atom stereocenters. The molecule has 0 saturated heterocycles. The van der Waals surface area contributed by atoms with Crippen molar-refractivity contribution in [2.45, 2.75) is 25.4 Å². The van der Waals surface area contributed by atoms with Gasteiger partial charge in [0.2, 0.25) is 0 Å². The summed E-state index contributed by atoms with van der Waals surface area (Å²) in [6.45, 7) is 0.402. The van der Waals surface area contributed by atoms with E-state index in [1.807, 2.05) is 12.1 Å². The molecular weight excluding hydrogens is 389 g/mol. The lowest BCUT2D eigenvalue weighted by Gasteiger charge is -2.24. The Morgan fingerprint density at radius 1 is 1.20 bits per heavy atom. The van der Waals surface area contributed by atoms with E-state index in [1.54, 1.807) is 31.3 Å². The molecule has 1 aliphatic carbocycles. The summed E-state index contributed by atoms with van der Waals surface area (Å²) in [7, 11) is 3.18. The molecule has 132 valence electrons. The SMILES string of the molecule is COc1ccc(CN(C(=O)c2cc(F)ccc2Br)C2CC2)c(OC)c1. The molecule has 0 N–H and O–H groups in total. The minimum Gasteiger partial charge on any atom is -0.497 e. The number of carbonyl (C=O) groups is 1. The Kier molecular flexibility index (Phi) is 5.27. The molecule has 6 heteroatoms.